The number of phenols is 1. The first-order valence-corrected chi connectivity index (χ1v) is 6.99. The van der Waals surface area contributed by atoms with Gasteiger partial charge in [0.2, 0.25) is 11.8 Å². The fourth-order valence-corrected chi connectivity index (χ4v) is 2.07. The maximum absolute atomic E-state index is 12.0. The van der Waals surface area contributed by atoms with Gasteiger partial charge in [-0.3, -0.25) is 9.59 Å². The Balaban J connectivity index is 1.92. The second-order valence-electron chi connectivity index (χ2n) is 4.94. The molecule has 0 radical (unpaired) electrons. The number of hydrogen-bond acceptors (Lipinski definition) is 3. The van der Waals surface area contributed by atoms with Crippen LogP contribution in [0.2, 0.25) is 0 Å². The number of carbonyl (C=O) groups excluding carboxylic acids is 2. The number of aromatic hydroxyl groups is 1. The number of aryl methyl sites for hydroxylation is 1. The summed E-state index contributed by atoms with van der Waals surface area (Å²) in [5, 5.41) is 15.1. The van der Waals surface area contributed by atoms with Crippen LogP contribution in [-0.2, 0) is 16.0 Å². The lowest BCUT2D eigenvalue weighted by Crippen LogP contribution is -2.13. The predicted octanol–water partition coefficient (Wildman–Crippen LogP) is 2.92. The minimum atomic E-state index is -0.164. The fraction of sp³-hybridized carbons (Fsp3) is 0.176. The van der Waals surface area contributed by atoms with Gasteiger partial charge < -0.3 is 15.7 Å². The van der Waals surface area contributed by atoms with Crippen LogP contribution >= 0.6 is 0 Å². The molecule has 114 valence electrons. The van der Waals surface area contributed by atoms with Gasteiger partial charge in [-0.1, -0.05) is 24.3 Å². The van der Waals surface area contributed by atoms with E-state index in [-0.39, 0.29) is 24.0 Å². The molecule has 0 fully saturated rings. The van der Waals surface area contributed by atoms with Crippen molar-refractivity contribution in [2.75, 3.05) is 10.6 Å². The summed E-state index contributed by atoms with van der Waals surface area (Å²) in [6.45, 7) is 1.43. The summed E-state index contributed by atoms with van der Waals surface area (Å²) >= 11 is 0. The molecule has 2 rings (SSSR count). The highest BCUT2D eigenvalue weighted by atomic mass is 16.3. The normalized spacial score (nSPS) is 10.0. The van der Waals surface area contributed by atoms with Gasteiger partial charge in [0.1, 0.15) is 5.75 Å². The molecule has 5 heteroatoms. The number of hydrogen-bond donors (Lipinski definition) is 3. The van der Waals surface area contributed by atoms with E-state index in [4.69, 9.17) is 0 Å². The van der Waals surface area contributed by atoms with Crippen LogP contribution in [0.25, 0.3) is 0 Å². The van der Waals surface area contributed by atoms with E-state index in [9.17, 15) is 14.7 Å². The minimum absolute atomic E-state index is 0.150. The van der Waals surface area contributed by atoms with Crippen molar-refractivity contribution < 1.29 is 14.7 Å². The Kier molecular flexibility index (Phi) is 5.14. The quantitative estimate of drug-likeness (QED) is 0.794. The van der Waals surface area contributed by atoms with Crippen LogP contribution in [0.15, 0.2) is 48.5 Å². The zero-order valence-electron chi connectivity index (χ0n) is 12.3. The summed E-state index contributed by atoms with van der Waals surface area (Å²) in [6.07, 6.45) is 0.728. The van der Waals surface area contributed by atoms with Crippen molar-refractivity contribution >= 4 is 23.2 Å². The SMILES string of the molecule is CC(=O)Nc1cccc(NC(=O)CCc2ccccc2O)c1. The van der Waals surface area contributed by atoms with Gasteiger partial charge in [-0.15, -0.1) is 0 Å². The van der Waals surface area contributed by atoms with E-state index in [1.807, 2.05) is 6.07 Å². The lowest BCUT2D eigenvalue weighted by molar-refractivity contribution is -0.116. The number of para-hydroxylation sites is 1. The van der Waals surface area contributed by atoms with Gasteiger partial charge in [-0.05, 0) is 36.2 Å². The number of amides is 2. The van der Waals surface area contributed by atoms with Crippen molar-refractivity contribution in [2.24, 2.45) is 0 Å². The molecule has 5 nitrogen and oxygen atoms in total. The largest absolute Gasteiger partial charge is 0.508 e. The smallest absolute Gasteiger partial charge is 0.224 e. The number of phenolic OH excluding ortho intramolecular Hbond substituents is 1. The molecule has 22 heavy (non-hydrogen) atoms. The van der Waals surface area contributed by atoms with Crippen LogP contribution in [-0.4, -0.2) is 16.9 Å². The molecule has 2 aromatic carbocycles. The molecule has 0 saturated heterocycles. The number of benzene rings is 2. The molecule has 0 aliphatic carbocycles. The minimum Gasteiger partial charge on any atom is -0.508 e. The molecule has 0 heterocycles. The molecule has 3 N–H and O–H groups in total. The van der Waals surface area contributed by atoms with Gasteiger partial charge >= 0.3 is 0 Å². The Hall–Kier alpha value is -2.82. The third-order valence-electron chi connectivity index (χ3n) is 3.08. The molecule has 0 aromatic heterocycles. The Labute approximate surface area is 129 Å². The Morgan fingerprint density at radius 3 is 2.36 bits per heavy atom. The molecule has 2 aromatic rings. The molecule has 0 spiro atoms. The number of carbonyl (C=O) groups is 2. The highest BCUT2D eigenvalue weighted by molar-refractivity contribution is 5.93. The monoisotopic (exact) mass is 298 g/mol. The number of anilines is 2. The first kappa shape index (κ1) is 15.6. The summed E-state index contributed by atoms with van der Waals surface area (Å²) in [4.78, 5) is 23.0. The average Bonchev–Trinajstić information content (AvgIpc) is 2.46. The Morgan fingerprint density at radius 2 is 1.68 bits per heavy atom. The zero-order chi connectivity index (χ0) is 15.9. The first-order valence-electron chi connectivity index (χ1n) is 6.99. The van der Waals surface area contributed by atoms with Crippen LogP contribution < -0.4 is 10.6 Å². The van der Waals surface area contributed by atoms with E-state index in [2.05, 4.69) is 10.6 Å². The van der Waals surface area contributed by atoms with Crippen LogP contribution in [0.3, 0.4) is 0 Å². The standard InChI is InChI=1S/C17H18N2O3/c1-12(20)18-14-6-4-7-15(11-14)19-17(22)10-9-13-5-2-3-8-16(13)21/h2-8,11,21H,9-10H2,1H3,(H,18,20)(H,19,22). The van der Waals surface area contributed by atoms with Crippen molar-refractivity contribution in [1.82, 2.24) is 0 Å². The lowest BCUT2D eigenvalue weighted by Gasteiger charge is -2.08. The second-order valence-corrected chi connectivity index (χ2v) is 4.94. The van der Waals surface area contributed by atoms with Gasteiger partial charge in [0.25, 0.3) is 0 Å². The summed E-state index contributed by atoms with van der Waals surface area (Å²) in [5.74, 6) is -0.116. The van der Waals surface area contributed by atoms with E-state index in [0.29, 0.717) is 17.8 Å². The van der Waals surface area contributed by atoms with E-state index in [0.717, 1.165) is 5.56 Å². The average molecular weight is 298 g/mol. The number of nitrogens with one attached hydrogen (secondary N) is 2. The number of rotatable bonds is 5. The van der Waals surface area contributed by atoms with Crippen LogP contribution in [0.1, 0.15) is 18.9 Å². The third-order valence-corrected chi connectivity index (χ3v) is 3.08. The lowest BCUT2D eigenvalue weighted by atomic mass is 10.1. The Morgan fingerprint density at radius 1 is 1.00 bits per heavy atom. The molecule has 0 atom stereocenters. The highest BCUT2D eigenvalue weighted by Gasteiger charge is 2.06. The molecule has 0 aliphatic heterocycles. The summed E-state index contributed by atoms with van der Waals surface area (Å²) in [7, 11) is 0. The zero-order valence-corrected chi connectivity index (χ0v) is 12.3. The maximum Gasteiger partial charge on any atom is 0.224 e. The molecule has 0 saturated carbocycles. The molecule has 0 aliphatic rings. The van der Waals surface area contributed by atoms with Gasteiger partial charge in [-0.25, -0.2) is 0 Å². The molecular weight excluding hydrogens is 280 g/mol. The van der Waals surface area contributed by atoms with Gasteiger partial charge in [0.05, 0.1) is 0 Å². The van der Waals surface area contributed by atoms with Crippen LogP contribution in [0.4, 0.5) is 11.4 Å². The van der Waals surface area contributed by atoms with Crippen molar-refractivity contribution in [3.8, 4) is 5.75 Å². The van der Waals surface area contributed by atoms with Crippen molar-refractivity contribution in [3.05, 3.63) is 54.1 Å². The topological polar surface area (TPSA) is 78.4 Å². The van der Waals surface area contributed by atoms with E-state index in [1.54, 1.807) is 42.5 Å². The predicted molar refractivity (Wildman–Crippen MR) is 85.8 cm³/mol. The van der Waals surface area contributed by atoms with Crippen LogP contribution in [0, 0.1) is 0 Å². The summed E-state index contributed by atoms with van der Waals surface area (Å²) < 4.78 is 0. The molecular formula is C17H18N2O3. The van der Waals surface area contributed by atoms with Gasteiger partial charge in [0.15, 0.2) is 0 Å². The van der Waals surface area contributed by atoms with E-state index >= 15 is 0 Å². The third kappa shape index (κ3) is 4.63. The van der Waals surface area contributed by atoms with Crippen molar-refractivity contribution in [2.45, 2.75) is 19.8 Å². The van der Waals surface area contributed by atoms with E-state index < -0.39 is 0 Å². The first-order chi connectivity index (χ1) is 10.5. The van der Waals surface area contributed by atoms with Gasteiger partial charge in [-0.2, -0.15) is 0 Å². The fourth-order valence-electron chi connectivity index (χ4n) is 2.07. The maximum atomic E-state index is 12.0. The van der Waals surface area contributed by atoms with Crippen molar-refractivity contribution in [3.63, 3.8) is 0 Å². The molecule has 0 bridgehead atoms. The molecule has 0 unspecified atom stereocenters. The summed E-state index contributed by atoms with van der Waals surface area (Å²) in [6, 6.07) is 13.9. The van der Waals surface area contributed by atoms with Crippen LogP contribution in [0.5, 0.6) is 5.75 Å². The highest BCUT2D eigenvalue weighted by Crippen LogP contribution is 2.18. The summed E-state index contributed by atoms with van der Waals surface area (Å²) in [5.41, 5.74) is 1.99. The second kappa shape index (κ2) is 7.26. The molecule has 2 amide bonds. The Bertz CT molecular complexity index is 683. The van der Waals surface area contributed by atoms with Gasteiger partial charge in [0, 0.05) is 24.7 Å². The van der Waals surface area contributed by atoms with Crippen molar-refractivity contribution in [1.29, 1.82) is 0 Å². The van der Waals surface area contributed by atoms with E-state index in [1.165, 1.54) is 6.92 Å².